The van der Waals surface area contributed by atoms with Crippen LogP contribution in [0.2, 0.25) is 0 Å². The molecule has 1 saturated carbocycles. The zero-order valence-electron chi connectivity index (χ0n) is 9.58. The van der Waals surface area contributed by atoms with Gasteiger partial charge in [-0.05, 0) is 53.5 Å². The predicted octanol–water partition coefficient (Wildman–Crippen LogP) is 1.87. The van der Waals surface area contributed by atoms with Crippen molar-refractivity contribution in [1.29, 1.82) is 0 Å². The number of hydrogen-bond donors (Lipinski definition) is 1. The van der Waals surface area contributed by atoms with Crippen LogP contribution in [0.5, 0.6) is 0 Å². The summed E-state index contributed by atoms with van der Waals surface area (Å²) < 4.78 is 1.65. The highest BCUT2D eigenvalue weighted by molar-refractivity contribution is 5.48. The van der Waals surface area contributed by atoms with Gasteiger partial charge in [0.25, 0.3) is 0 Å². The van der Waals surface area contributed by atoms with E-state index in [2.05, 4.69) is 33.0 Å². The molecule has 0 saturated heterocycles. The zero-order chi connectivity index (χ0) is 11.5. The Bertz CT molecular complexity index is 458. The summed E-state index contributed by atoms with van der Waals surface area (Å²) in [5.41, 5.74) is 2.14. The first-order valence-corrected chi connectivity index (χ1v) is 5.99. The molecule has 0 unspecified atom stereocenters. The van der Waals surface area contributed by atoms with Gasteiger partial charge in [-0.25, -0.2) is 4.68 Å². The molecule has 0 radical (unpaired) electrons. The van der Waals surface area contributed by atoms with E-state index in [1.165, 1.54) is 19.3 Å². The van der Waals surface area contributed by atoms with Crippen molar-refractivity contribution in [1.82, 2.24) is 20.2 Å². The normalized spacial score (nSPS) is 15.5. The topological polar surface area (TPSA) is 55.6 Å². The Hall–Kier alpha value is -1.91. The van der Waals surface area contributed by atoms with Gasteiger partial charge in [-0.1, -0.05) is 6.42 Å². The van der Waals surface area contributed by atoms with Crippen LogP contribution in [0.15, 0.2) is 30.6 Å². The lowest BCUT2D eigenvalue weighted by atomic mass is 9.85. The Kier molecular flexibility index (Phi) is 2.73. The second kappa shape index (κ2) is 4.53. The van der Waals surface area contributed by atoms with E-state index in [1.807, 2.05) is 12.1 Å². The number of benzene rings is 1. The molecule has 17 heavy (non-hydrogen) atoms. The number of nitrogens with zero attached hydrogens (tertiary/aromatic N) is 4. The predicted molar refractivity (Wildman–Crippen MR) is 65.0 cm³/mol. The Morgan fingerprint density at radius 3 is 2.65 bits per heavy atom. The second-order valence-electron chi connectivity index (χ2n) is 4.48. The van der Waals surface area contributed by atoms with E-state index in [4.69, 9.17) is 0 Å². The van der Waals surface area contributed by atoms with Crippen LogP contribution in [0.4, 0.5) is 5.69 Å². The summed E-state index contributed by atoms with van der Waals surface area (Å²) >= 11 is 0. The molecule has 1 fully saturated rings. The van der Waals surface area contributed by atoms with Gasteiger partial charge < -0.3 is 5.32 Å². The average molecular weight is 229 g/mol. The van der Waals surface area contributed by atoms with Crippen LogP contribution in [0.25, 0.3) is 5.69 Å². The molecule has 0 spiro atoms. The summed E-state index contributed by atoms with van der Waals surface area (Å²) in [6.45, 7) is 1.09. The van der Waals surface area contributed by atoms with Crippen molar-refractivity contribution in [3.8, 4) is 5.69 Å². The summed E-state index contributed by atoms with van der Waals surface area (Å²) in [5, 5.41) is 14.5. The molecule has 0 aliphatic heterocycles. The summed E-state index contributed by atoms with van der Waals surface area (Å²) in [6.07, 6.45) is 5.73. The Balaban J connectivity index is 1.63. The monoisotopic (exact) mass is 229 g/mol. The molecule has 0 bridgehead atoms. The van der Waals surface area contributed by atoms with Gasteiger partial charge in [0.1, 0.15) is 6.33 Å². The van der Waals surface area contributed by atoms with Gasteiger partial charge in [-0.2, -0.15) is 0 Å². The number of nitrogens with one attached hydrogen (secondary N) is 1. The molecule has 88 valence electrons. The lowest BCUT2D eigenvalue weighted by Crippen LogP contribution is -2.20. The Morgan fingerprint density at radius 1 is 1.24 bits per heavy atom. The van der Waals surface area contributed by atoms with Crippen LogP contribution < -0.4 is 5.32 Å². The number of hydrogen-bond acceptors (Lipinski definition) is 4. The van der Waals surface area contributed by atoms with Crippen molar-refractivity contribution in [2.75, 3.05) is 11.9 Å². The van der Waals surface area contributed by atoms with Gasteiger partial charge in [0.2, 0.25) is 0 Å². The molecule has 3 rings (SSSR count). The smallest absolute Gasteiger partial charge is 0.143 e. The summed E-state index contributed by atoms with van der Waals surface area (Å²) in [4.78, 5) is 0. The summed E-state index contributed by atoms with van der Waals surface area (Å²) in [6, 6.07) is 8.16. The minimum atomic E-state index is 0.870. The van der Waals surface area contributed by atoms with E-state index in [-0.39, 0.29) is 0 Å². The molecular weight excluding hydrogens is 214 g/mol. The molecule has 1 N–H and O–H groups in total. The van der Waals surface area contributed by atoms with E-state index in [9.17, 15) is 0 Å². The molecule has 1 heterocycles. The van der Waals surface area contributed by atoms with Gasteiger partial charge >= 0.3 is 0 Å². The SMILES string of the molecule is c1cc(-n2cnnn2)ccc1NCC1CCC1. The van der Waals surface area contributed by atoms with Gasteiger partial charge in [0.05, 0.1) is 5.69 Å². The highest BCUT2D eigenvalue weighted by atomic mass is 15.5. The number of aromatic nitrogens is 4. The van der Waals surface area contributed by atoms with E-state index >= 15 is 0 Å². The first-order valence-electron chi connectivity index (χ1n) is 5.99. The quantitative estimate of drug-likeness (QED) is 0.869. The molecule has 1 aromatic carbocycles. The van der Waals surface area contributed by atoms with Crippen LogP contribution in [-0.4, -0.2) is 26.8 Å². The minimum Gasteiger partial charge on any atom is -0.385 e. The average Bonchev–Trinajstić information content (AvgIpc) is 2.81. The van der Waals surface area contributed by atoms with Crippen LogP contribution >= 0.6 is 0 Å². The third-order valence-corrected chi connectivity index (χ3v) is 3.30. The first kappa shape index (κ1) is 10.3. The molecule has 1 aliphatic carbocycles. The maximum Gasteiger partial charge on any atom is 0.143 e. The Morgan fingerprint density at radius 2 is 2.06 bits per heavy atom. The van der Waals surface area contributed by atoms with Crippen molar-refractivity contribution in [3.05, 3.63) is 30.6 Å². The largest absolute Gasteiger partial charge is 0.385 e. The zero-order valence-corrected chi connectivity index (χ0v) is 9.58. The van der Waals surface area contributed by atoms with Crippen LogP contribution in [0, 0.1) is 5.92 Å². The third-order valence-electron chi connectivity index (χ3n) is 3.30. The number of tetrazole rings is 1. The van der Waals surface area contributed by atoms with Crippen LogP contribution in [0.1, 0.15) is 19.3 Å². The number of rotatable bonds is 4. The third kappa shape index (κ3) is 2.27. The summed E-state index contributed by atoms with van der Waals surface area (Å²) in [7, 11) is 0. The van der Waals surface area contributed by atoms with E-state index in [0.29, 0.717) is 0 Å². The second-order valence-corrected chi connectivity index (χ2v) is 4.48. The van der Waals surface area contributed by atoms with Crippen molar-refractivity contribution in [2.24, 2.45) is 5.92 Å². The number of anilines is 1. The van der Waals surface area contributed by atoms with Crippen molar-refractivity contribution < 1.29 is 0 Å². The van der Waals surface area contributed by atoms with E-state index < -0.39 is 0 Å². The van der Waals surface area contributed by atoms with Crippen molar-refractivity contribution in [2.45, 2.75) is 19.3 Å². The van der Waals surface area contributed by atoms with Gasteiger partial charge in [0, 0.05) is 12.2 Å². The van der Waals surface area contributed by atoms with Crippen molar-refractivity contribution in [3.63, 3.8) is 0 Å². The standard InChI is InChI=1S/C12H15N5/c1-2-10(3-1)8-13-11-4-6-12(7-5-11)17-9-14-15-16-17/h4-7,9-10,13H,1-3,8H2. The lowest BCUT2D eigenvalue weighted by molar-refractivity contribution is 0.333. The molecular formula is C12H15N5. The molecule has 0 amide bonds. The van der Waals surface area contributed by atoms with E-state index in [1.54, 1.807) is 11.0 Å². The maximum absolute atomic E-state index is 3.85. The van der Waals surface area contributed by atoms with E-state index in [0.717, 1.165) is 23.8 Å². The van der Waals surface area contributed by atoms with Gasteiger partial charge in [-0.15, -0.1) is 5.10 Å². The molecule has 5 nitrogen and oxygen atoms in total. The minimum absolute atomic E-state index is 0.870. The van der Waals surface area contributed by atoms with Gasteiger partial charge in [-0.3, -0.25) is 0 Å². The highest BCUT2D eigenvalue weighted by Gasteiger charge is 2.16. The molecule has 1 aliphatic rings. The molecule has 5 heteroatoms. The lowest BCUT2D eigenvalue weighted by Gasteiger charge is -2.25. The van der Waals surface area contributed by atoms with Crippen LogP contribution in [0.3, 0.4) is 0 Å². The molecule has 1 aromatic heterocycles. The highest BCUT2D eigenvalue weighted by Crippen LogP contribution is 2.26. The molecule has 0 atom stereocenters. The first-order chi connectivity index (χ1) is 8.42. The fraction of sp³-hybridized carbons (Fsp3) is 0.417. The molecule has 2 aromatic rings. The summed E-state index contributed by atoms with van der Waals surface area (Å²) in [5.74, 6) is 0.870. The van der Waals surface area contributed by atoms with Gasteiger partial charge in [0.15, 0.2) is 0 Å². The fourth-order valence-electron chi connectivity index (χ4n) is 1.97. The fourth-order valence-corrected chi connectivity index (χ4v) is 1.97. The van der Waals surface area contributed by atoms with Crippen LogP contribution in [-0.2, 0) is 0 Å². The van der Waals surface area contributed by atoms with Crippen molar-refractivity contribution >= 4 is 5.69 Å². The Labute approximate surface area is 99.8 Å². The maximum atomic E-state index is 3.85.